The second-order valence-corrected chi connectivity index (χ2v) is 6.49. The normalized spacial score (nSPS) is 14.2. The number of hydrogen-bond donors (Lipinski definition) is 1. The van der Waals surface area contributed by atoms with Crippen LogP contribution in [0.1, 0.15) is 12.8 Å². The number of nitrogens with zero attached hydrogens (tertiary/aromatic N) is 5. The minimum absolute atomic E-state index is 0.0985. The molecule has 1 saturated heterocycles. The zero-order chi connectivity index (χ0) is 16.5. The predicted octanol–water partition coefficient (Wildman–Crippen LogP) is 3.34. The summed E-state index contributed by atoms with van der Waals surface area (Å²) in [5.74, 6) is 0.548. The maximum Gasteiger partial charge on any atom is 0.353 e. The molecule has 0 unspecified atom stereocenters. The molecule has 0 aliphatic carbocycles. The lowest BCUT2D eigenvalue weighted by Crippen LogP contribution is -2.21. The molecule has 8 nitrogen and oxygen atoms in total. The minimum atomic E-state index is -0.427. The second-order valence-electron chi connectivity index (χ2n) is 5.46. The lowest BCUT2D eigenvalue weighted by Gasteiger charge is -2.16. The van der Waals surface area contributed by atoms with Gasteiger partial charge in [0.05, 0.1) is 15.1 Å². The van der Waals surface area contributed by atoms with E-state index in [9.17, 15) is 10.1 Å². The Bertz CT molecular complexity index is 873. The molecule has 0 bridgehead atoms. The van der Waals surface area contributed by atoms with E-state index >= 15 is 0 Å². The molecule has 24 heavy (non-hydrogen) atoms. The van der Waals surface area contributed by atoms with Crippen LogP contribution in [-0.2, 0) is 0 Å². The molecule has 1 fully saturated rings. The molecular weight excluding hydrogens is 328 g/mol. The zero-order valence-electron chi connectivity index (χ0n) is 12.7. The van der Waals surface area contributed by atoms with Crippen molar-refractivity contribution >= 4 is 44.0 Å². The summed E-state index contributed by atoms with van der Waals surface area (Å²) in [5.41, 5.74) is 0.750. The third-order valence-corrected chi connectivity index (χ3v) is 4.86. The van der Waals surface area contributed by atoms with Crippen LogP contribution in [0.5, 0.6) is 0 Å². The van der Waals surface area contributed by atoms with Crippen LogP contribution in [0.3, 0.4) is 0 Å². The highest BCUT2D eigenvalue weighted by Crippen LogP contribution is 2.36. The molecule has 9 heteroatoms. The van der Waals surface area contributed by atoms with Crippen LogP contribution in [0.4, 0.5) is 22.5 Å². The molecule has 1 aliphatic rings. The Morgan fingerprint density at radius 3 is 2.75 bits per heavy atom. The molecule has 0 atom stereocenters. The first-order valence-electron chi connectivity index (χ1n) is 7.59. The van der Waals surface area contributed by atoms with E-state index in [-0.39, 0.29) is 11.5 Å². The first kappa shape index (κ1) is 14.8. The van der Waals surface area contributed by atoms with Gasteiger partial charge >= 0.3 is 5.69 Å². The molecule has 1 aliphatic heterocycles. The topological polar surface area (TPSA) is 97.1 Å². The third-order valence-electron chi connectivity index (χ3n) is 3.91. The van der Waals surface area contributed by atoms with Gasteiger partial charge < -0.3 is 10.2 Å². The van der Waals surface area contributed by atoms with Crippen molar-refractivity contribution in [3.05, 3.63) is 40.7 Å². The number of aromatic nitrogens is 3. The van der Waals surface area contributed by atoms with Gasteiger partial charge in [-0.1, -0.05) is 23.5 Å². The smallest absolute Gasteiger partial charge is 0.351 e. The van der Waals surface area contributed by atoms with Gasteiger partial charge in [0.2, 0.25) is 11.6 Å². The predicted molar refractivity (Wildman–Crippen MR) is 93.0 cm³/mol. The molecule has 0 saturated carbocycles. The number of hydrogen-bond acceptors (Lipinski definition) is 8. The van der Waals surface area contributed by atoms with E-state index in [1.54, 1.807) is 0 Å². The summed E-state index contributed by atoms with van der Waals surface area (Å²) in [6.07, 6.45) is 3.39. The maximum absolute atomic E-state index is 11.6. The number of rotatable bonds is 4. The molecule has 2 aromatic heterocycles. The maximum atomic E-state index is 11.6. The van der Waals surface area contributed by atoms with Crippen LogP contribution in [0.15, 0.2) is 30.6 Å². The fourth-order valence-corrected chi connectivity index (χ4v) is 3.68. The largest absolute Gasteiger partial charge is 0.353 e. The van der Waals surface area contributed by atoms with Gasteiger partial charge in [0.1, 0.15) is 6.33 Å². The molecule has 0 spiro atoms. The van der Waals surface area contributed by atoms with E-state index in [0.29, 0.717) is 10.9 Å². The highest BCUT2D eigenvalue weighted by molar-refractivity contribution is 7.22. The highest BCUT2D eigenvalue weighted by Gasteiger charge is 2.29. The monoisotopic (exact) mass is 342 g/mol. The van der Waals surface area contributed by atoms with Crippen molar-refractivity contribution in [1.82, 2.24) is 15.0 Å². The van der Waals surface area contributed by atoms with Crippen molar-refractivity contribution in [3.8, 4) is 0 Å². The van der Waals surface area contributed by atoms with E-state index in [2.05, 4.69) is 20.3 Å². The quantitative estimate of drug-likeness (QED) is 0.573. The van der Waals surface area contributed by atoms with Crippen LogP contribution in [0.2, 0.25) is 0 Å². The Balaban J connectivity index is 1.74. The summed E-state index contributed by atoms with van der Waals surface area (Å²) < 4.78 is 1.01. The summed E-state index contributed by atoms with van der Waals surface area (Å²) in [7, 11) is 0. The molecule has 1 N–H and O–H groups in total. The standard InChI is InChI=1S/C15H14N6O2S/c22-21(23)12-13(16-9-17-14(12)20-7-3-4-8-20)19-15-18-10-5-1-2-6-11(10)24-15/h1-2,5-6,9H,3-4,7-8H2,(H,16,17,18,19). The van der Waals surface area contributed by atoms with E-state index in [1.165, 1.54) is 17.7 Å². The fraction of sp³-hybridized carbons (Fsp3) is 0.267. The van der Waals surface area contributed by atoms with E-state index in [4.69, 9.17) is 0 Å². The van der Waals surface area contributed by atoms with Crippen molar-refractivity contribution < 1.29 is 4.92 Å². The van der Waals surface area contributed by atoms with E-state index in [0.717, 1.165) is 36.1 Å². The van der Waals surface area contributed by atoms with Gasteiger partial charge in [-0.05, 0) is 25.0 Å². The number of fused-ring (bicyclic) bond motifs is 1. The molecule has 3 aromatic rings. The Kier molecular flexibility index (Phi) is 3.69. The number of nitro groups is 1. The van der Waals surface area contributed by atoms with Crippen LogP contribution in [0.25, 0.3) is 10.2 Å². The Morgan fingerprint density at radius 2 is 2.00 bits per heavy atom. The van der Waals surface area contributed by atoms with Crippen molar-refractivity contribution in [2.75, 3.05) is 23.3 Å². The van der Waals surface area contributed by atoms with Crippen LogP contribution >= 0.6 is 11.3 Å². The average molecular weight is 342 g/mol. The lowest BCUT2D eigenvalue weighted by atomic mass is 10.3. The number of nitrogens with one attached hydrogen (secondary N) is 1. The van der Waals surface area contributed by atoms with Gasteiger partial charge in [-0.15, -0.1) is 0 Å². The van der Waals surface area contributed by atoms with Gasteiger partial charge in [0.25, 0.3) is 0 Å². The molecular formula is C15H14N6O2S. The van der Waals surface area contributed by atoms with Crippen LogP contribution in [-0.4, -0.2) is 33.0 Å². The SMILES string of the molecule is O=[N+]([O-])c1c(Nc2nc3ccccc3s2)ncnc1N1CCCC1. The van der Waals surface area contributed by atoms with Crippen molar-refractivity contribution in [1.29, 1.82) is 0 Å². The summed E-state index contributed by atoms with van der Waals surface area (Å²) in [5, 5.41) is 15.2. The van der Waals surface area contributed by atoms with Crippen molar-refractivity contribution in [2.24, 2.45) is 0 Å². The number of benzene rings is 1. The van der Waals surface area contributed by atoms with Crippen molar-refractivity contribution in [2.45, 2.75) is 12.8 Å². The van der Waals surface area contributed by atoms with Gasteiger partial charge in [-0.25, -0.2) is 15.0 Å². The van der Waals surface area contributed by atoms with Gasteiger partial charge in [-0.2, -0.15) is 0 Å². The van der Waals surface area contributed by atoms with Crippen LogP contribution < -0.4 is 10.2 Å². The minimum Gasteiger partial charge on any atom is -0.351 e. The Morgan fingerprint density at radius 1 is 1.21 bits per heavy atom. The van der Waals surface area contributed by atoms with Gasteiger partial charge in [0, 0.05) is 13.1 Å². The number of anilines is 3. The highest BCUT2D eigenvalue weighted by atomic mass is 32.1. The first-order chi connectivity index (χ1) is 11.7. The second kappa shape index (κ2) is 6.00. The molecule has 0 amide bonds. The molecule has 0 radical (unpaired) electrons. The fourth-order valence-electron chi connectivity index (χ4n) is 2.82. The average Bonchev–Trinajstić information content (AvgIpc) is 3.23. The lowest BCUT2D eigenvalue weighted by molar-refractivity contribution is -0.383. The third kappa shape index (κ3) is 2.62. The van der Waals surface area contributed by atoms with Gasteiger partial charge in [0.15, 0.2) is 5.13 Å². The van der Waals surface area contributed by atoms with Gasteiger partial charge in [-0.3, -0.25) is 10.1 Å². The molecule has 4 rings (SSSR count). The van der Waals surface area contributed by atoms with E-state index < -0.39 is 4.92 Å². The number of thiazole rings is 1. The number of para-hydroxylation sites is 1. The summed E-state index contributed by atoms with van der Waals surface area (Å²) in [6.45, 7) is 1.55. The zero-order valence-corrected chi connectivity index (χ0v) is 13.5. The summed E-state index contributed by atoms with van der Waals surface area (Å²) >= 11 is 1.43. The Hall–Kier alpha value is -2.81. The van der Waals surface area contributed by atoms with Crippen LogP contribution in [0, 0.1) is 10.1 Å². The van der Waals surface area contributed by atoms with E-state index in [1.807, 2.05) is 29.2 Å². The molecule has 3 heterocycles. The summed E-state index contributed by atoms with van der Waals surface area (Å²) in [6, 6.07) is 7.71. The first-order valence-corrected chi connectivity index (χ1v) is 8.41. The van der Waals surface area contributed by atoms with Crippen molar-refractivity contribution in [3.63, 3.8) is 0 Å². The molecule has 122 valence electrons. The summed E-state index contributed by atoms with van der Waals surface area (Å²) in [4.78, 5) is 25.8. The molecule has 1 aromatic carbocycles. The Labute approximate surface area is 141 Å².